The van der Waals surface area contributed by atoms with Gasteiger partial charge in [-0.3, -0.25) is 0 Å². The van der Waals surface area contributed by atoms with Crippen LogP contribution in [0.3, 0.4) is 0 Å². The summed E-state index contributed by atoms with van der Waals surface area (Å²) in [5, 5.41) is 36.7. The van der Waals surface area contributed by atoms with Crippen LogP contribution in [0.2, 0.25) is 0 Å². The Balaban J connectivity index is 3.01. The van der Waals surface area contributed by atoms with Crippen LogP contribution in [0, 0.1) is 0 Å². The van der Waals surface area contributed by atoms with Crippen molar-refractivity contribution in [1.82, 2.24) is 0 Å². The Kier molecular flexibility index (Phi) is 4.47. The third-order valence-electron chi connectivity index (χ3n) is 2.69. The SMILES string of the molecule is COc1ccc(CC(O)(C(=O)O)C(O)C(=O)O)cc1. The molecule has 7 heteroatoms. The Morgan fingerprint density at radius 2 is 1.79 bits per heavy atom. The molecule has 1 aromatic carbocycles. The van der Waals surface area contributed by atoms with Crippen molar-refractivity contribution in [2.75, 3.05) is 7.11 Å². The van der Waals surface area contributed by atoms with E-state index < -0.39 is 30.1 Å². The summed E-state index contributed by atoms with van der Waals surface area (Å²) in [4.78, 5) is 21.6. The molecule has 2 atom stereocenters. The molecule has 1 aromatic rings. The molecule has 0 heterocycles. The maximum atomic E-state index is 11.0. The van der Waals surface area contributed by atoms with Gasteiger partial charge in [0.15, 0.2) is 6.10 Å². The standard InChI is InChI=1S/C12H14O7/c1-19-8-4-2-7(3-5-8)6-12(18,11(16)17)9(13)10(14)15/h2-5,9,13,18H,6H2,1H3,(H,14,15)(H,16,17). The first-order chi connectivity index (χ1) is 8.81. The first-order valence-corrected chi connectivity index (χ1v) is 5.31. The molecule has 2 unspecified atom stereocenters. The van der Waals surface area contributed by atoms with E-state index in [1.807, 2.05) is 0 Å². The second-order valence-electron chi connectivity index (χ2n) is 4.00. The highest BCUT2D eigenvalue weighted by molar-refractivity contribution is 5.87. The van der Waals surface area contributed by atoms with Gasteiger partial charge in [-0.1, -0.05) is 12.1 Å². The maximum absolute atomic E-state index is 11.0. The quantitative estimate of drug-likeness (QED) is 0.549. The molecule has 0 aliphatic rings. The van der Waals surface area contributed by atoms with E-state index in [1.54, 1.807) is 0 Å². The first kappa shape index (κ1) is 14.9. The molecule has 0 saturated heterocycles. The van der Waals surface area contributed by atoms with Gasteiger partial charge in [0.25, 0.3) is 0 Å². The number of aliphatic carboxylic acids is 2. The molecular weight excluding hydrogens is 256 g/mol. The van der Waals surface area contributed by atoms with Crippen molar-refractivity contribution in [3.63, 3.8) is 0 Å². The minimum absolute atomic E-state index is 0.353. The summed E-state index contributed by atoms with van der Waals surface area (Å²) < 4.78 is 4.91. The lowest BCUT2D eigenvalue weighted by molar-refractivity contribution is -0.183. The van der Waals surface area contributed by atoms with Crippen LogP contribution in [-0.4, -0.2) is 51.2 Å². The van der Waals surface area contributed by atoms with Gasteiger partial charge in [0, 0.05) is 6.42 Å². The van der Waals surface area contributed by atoms with Crippen molar-refractivity contribution in [1.29, 1.82) is 0 Å². The first-order valence-electron chi connectivity index (χ1n) is 5.31. The fraction of sp³-hybridized carbons (Fsp3) is 0.333. The lowest BCUT2D eigenvalue weighted by Crippen LogP contribution is -2.54. The molecule has 19 heavy (non-hydrogen) atoms. The van der Waals surface area contributed by atoms with E-state index in [-0.39, 0.29) is 0 Å². The van der Waals surface area contributed by atoms with Crippen LogP contribution in [0.1, 0.15) is 5.56 Å². The van der Waals surface area contributed by atoms with E-state index in [0.29, 0.717) is 11.3 Å². The highest BCUT2D eigenvalue weighted by Gasteiger charge is 2.47. The van der Waals surface area contributed by atoms with Crippen LogP contribution >= 0.6 is 0 Å². The fourth-order valence-corrected chi connectivity index (χ4v) is 1.55. The van der Waals surface area contributed by atoms with E-state index >= 15 is 0 Å². The average Bonchev–Trinajstić information content (AvgIpc) is 2.38. The van der Waals surface area contributed by atoms with Gasteiger partial charge in [0.1, 0.15) is 5.75 Å². The van der Waals surface area contributed by atoms with Gasteiger partial charge >= 0.3 is 11.9 Å². The Morgan fingerprint density at radius 1 is 1.26 bits per heavy atom. The third kappa shape index (κ3) is 3.21. The van der Waals surface area contributed by atoms with Crippen LogP contribution in [0.25, 0.3) is 0 Å². The number of rotatable bonds is 6. The highest BCUT2D eigenvalue weighted by Crippen LogP contribution is 2.21. The number of benzene rings is 1. The lowest BCUT2D eigenvalue weighted by atomic mass is 9.89. The zero-order valence-electron chi connectivity index (χ0n) is 10.1. The summed E-state index contributed by atoms with van der Waals surface area (Å²) in [5.41, 5.74) is -2.44. The summed E-state index contributed by atoms with van der Waals surface area (Å²) in [6.45, 7) is 0. The van der Waals surface area contributed by atoms with Crippen molar-refractivity contribution in [3.05, 3.63) is 29.8 Å². The van der Waals surface area contributed by atoms with Crippen LogP contribution in [0.5, 0.6) is 5.75 Å². The van der Waals surface area contributed by atoms with Gasteiger partial charge in [-0.25, -0.2) is 9.59 Å². The molecule has 0 aliphatic carbocycles. The molecule has 0 spiro atoms. The maximum Gasteiger partial charge on any atom is 0.339 e. The summed E-state index contributed by atoms with van der Waals surface area (Å²) in [7, 11) is 1.46. The normalized spacial score (nSPS) is 15.3. The van der Waals surface area contributed by atoms with Gasteiger partial charge in [-0.15, -0.1) is 0 Å². The van der Waals surface area contributed by atoms with Gasteiger partial charge in [-0.05, 0) is 17.7 Å². The largest absolute Gasteiger partial charge is 0.497 e. The molecule has 0 saturated carbocycles. The number of carbonyl (C=O) groups is 2. The predicted octanol–water partition coefficient (Wildman–Crippen LogP) is -0.501. The molecule has 0 aliphatic heterocycles. The van der Waals surface area contributed by atoms with E-state index in [1.165, 1.54) is 31.4 Å². The van der Waals surface area contributed by atoms with Crippen LogP contribution in [0.15, 0.2) is 24.3 Å². The fourth-order valence-electron chi connectivity index (χ4n) is 1.55. The number of carboxylic acids is 2. The van der Waals surface area contributed by atoms with E-state index in [2.05, 4.69) is 0 Å². The van der Waals surface area contributed by atoms with Gasteiger partial charge in [0.05, 0.1) is 7.11 Å². The highest BCUT2D eigenvalue weighted by atomic mass is 16.5. The minimum atomic E-state index is -2.79. The number of methoxy groups -OCH3 is 1. The van der Waals surface area contributed by atoms with E-state index in [9.17, 15) is 19.8 Å². The second-order valence-corrected chi connectivity index (χ2v) is 4.00. The third-order valence-corrected chi connectivity index (χ3v) is 2.69. The zero-order chi connectivity index (χ0) is 14.6. The van der Waals surface area contributed by atoms with Gasteiger partial charge in [-0.2, -0.15) is 0 Å². The summed E-state index contributed by atoms with van der Waals surface area (Å²) >= 11 is 0. The molecular formula is C12H14O7. The number of carboxylic acid groups (broad SMARTS) is 2. The Bertz CT molecular complexity index is 467. The summed E-state index contributed by atoms with van der Waals surface area (Å²) in [5.74, 6) is -3.09. The topological polar surface area (TPSA) is 124 Å². The van der Waals surface area contributed by atoms with Crippen LogP contribution < -0.4 is 4.74 Å². The summed E-state index contributed by atoms with van der Waals surface area (Å²) in [6, 6.07) is 6.01. The number of aliphatic hydroxyl groups excluding tert-OH is 1. The summed E-state index contributed by atoms with van der Waals surface area (Å²) in [6.07, 6.45) is -2.97. The molecule has 7 nitrogen and oxygen atoms in total. The minimum Gasteiger partial charge on any atom is -0.497 e. The molecule has 104 valence electrons. The molecule has 0 fully saturated rings. The average molecular weight is 270 g/mol. The van der Waals surface area contributed by atoms with Crippen LogP contribution in [-0.2, 0) is 16.0 Å². The number of ether oxygens (including phenoxy) is 1. The van der Waals surface area contributed by atoms with Crippen molar-refractivity contribution in [3.8, 4) is 5.75 Å². The smallest absolute Gasteiger partial charge is 0.339 e. The van der Waals surface area contributed by atoms with Gasteiger partial charge < -0.3 is 25.2 Å². The second kappa shape index (κ2) is 5.68. The van der Waals surface area contributed by atoms with E-state index in [4.69, 9.17) is 14.9 Å². The monoisotopic (exact) mass is 270 g/mol. The van der Waals surface area contributed by atoms with Crippen molar-refractivity contribution < 1.29 is 34.8 Å². The molecule has 0 aromatic heterocycles. The lowest BCUT2D eigenvalue weighted by Gasteiger charge is -2.26. The van der Waals surface area contributed by atoms with Crippen molar-refractivity contribution >= 4 is 11.9 Å². The van der Waals surface area contributed by atoms with Crippen LogP contribution in [0.4, 0.5) is 0 Å². The number of hydrogen-bond donors (Lipinski definition) is 4. The van der Waals surface area contributed by atoms with Gasteiger partial charge in [0.2, 0.25) is 5.60 Å². The molecule has 0 radical (unpaired) electrons. The van der Waals surface area contributed by atoms with E-state index in [0.717, 1.165) is 0 Å². The molecule has 0 bridgehead atoms. The van der Waals surface area contributed by atoms with Crippen molar-refractivity contribution in [2.45, 2.75) is 18.1 Å². The Morgan fingerprint density at radius 3 is 2.16 bits per heavy atom. The molecule has 1 rings (SSSR count). The Labute approximate surface area is 108 Å². The Hall–Kier alpha value is -2.12. The zero-order valence-corrected chi connectivity index (χ0v) is 10.1. The van der Waals surface area contributed by atoms with Crippen molar-refractivity contribution in [2.24, 2.45) is 0 Å². The number of aliphatic hydroxyl groups is 2. The molecule has 0 amide bonds. The number of hydrogen-bond acceptors (Lipinski definition) is 5. The molecule has 4 N–H and O–H groups in total. The predicted molar refractivity (Wildman–Crippen MR) is 62.9 cm³/mol.